The van der Waals surface area contributed by atoms with E-state index in [9.17, 15) is 43.2 Å². The molecule has 3 N–H and O–H groups in total. The van der Waals surface area contributed by atoms with Gasteiger partial charge in [-0.15, -0.1) is 0 Å². The molecule has 0 aromatic heterocycles. The van der Waals surface area contributed by atoms with Crippen LogP contribution in [0.25, 0.3) is 0 Å². The summed E-state index contributed by atoms with van der Waals surface area (Å²) in [4.78, 5) is 72.4. The Morgan fingerprint density at radius 2 is 0.552 bits per heavy atom. The summed E-state index contributed by atoms with van der Waals surface area (Å²) in [7, 11) is -9.90. The van der Waals surface area contributed by atoms with Gasteiger partial charge in [0.25, 0.3) is 0 Å². The molecule has 0 aromatic carbocycles. The van der Waals surface area contributed by atoms with Crippen LogP contribution in [0.5, 0.6) is 0 Å². The molecule has 0 heterocycles. The second-order valence-corrected chi connectivity index (χ2v) is 29.1. The van der Waals surface area contributed by atoms with Crippen molar-refractivity contribution in [3.05, 3.63) is 0 Å². The van der Waals surface area contributed by atoms with Gasteiger partial charge in [0.15, 0.2) is 12.2 Å². The SMILES string of the molecule is CCC(C)CCCCCCCCCCCCC(=O)O[C@H](COC(=O)CCCCCCCCCCCC(C)C)COP(=O)(O)OCC(O)COP(=O)(O)OC[C@@H](COC(=O)CCCCCCCCCC(C)C)OC(=O)CCCCCCCCCCC(C)C. The third-order valence-corrected chi connectivity index (χ3v) is 17.8. The molecule has 17 nitrogen and oxygen atoms in total. The molecule has 0 radical (unpaired) electrons. The summed E-state index contributed by atoms with van der Waals surface area (Å²) in [6, 6.07) is 0. The molecular weight excluding hydrogens is 1150 g/mol. The minimum Gasteiger partial charge on any atom is -0.462 e. The predicted molar refractivity (Wildman–Crippen MR) is 349 cm³/mol. The van der Waals surface area contributed by atoms with Crippen molar-refractivity contribution in [2.75, 3.05) is 39.6 Å². The van der Waals surface area contributed by atoms with Gasteiger partial charge in [-0.05, 0) is 49.4 Å². The molecule has 516 valence electrons. The maximum atomic E-state index is 13.0. The van der Waals surface area contributed by atoms with E-state index in [-0.39, 0.29) is 25.7 Å². The fourth-order valence-electron chi connectivity index (χ4n) is 10.1. The molecule has 0 rings (SSSR count). The van der Waals surface area contributed by atoms with Crippen molar-refractivity contribution in [1.29, 1.82) is 0 Å². The normalized spacial score (nSPS) is 14.6. The van der Waals surface area contributed by atoms with Crippen molar-refractivity contribution in [3.63, 3.8) is 0 Å². The highest BCUT2D eigenvalue weighted by Crippen LogP contribution is 2.45. The number of phosphoric ester groups is 2. The minimum absolute atomic E-state index is 0.103. The van der Waals surface area contributed by atoms with Gasteiger partial charge in [-0.3, -0.25) is 37.3 Å². The summed E-state index contributed by atoms with van der Waals surface area (Å²) < 4.78 is 68.2. The van der Waals surface area contributed by atoms with Crippen LogP contribution in [0.2, 0.25) is 0 Å². The Bertz CT molecular complexity index is 1730. The molecule has 0 fully saturated rings. The molecule has 6 atom stereocenters. The number of phosphoric acid groups is 2. The Labute approximate surface area is 530 Å². The van der Waals surface area contributed by atoms with Gasteiger partial charge >= 0.3 is 39.5 Å². The van der Waals surface area contributed by atoms with Crippen molar-refractivity contribution in [2.24, 2.45) is 23.7 Å². The van der Waals surface area contributed by atoms with E-state index in [1.54, 1.807) is 0 Å². The van der Waals surface area contributed by atoms with Crippen LogP contribution in [0.1, 0.15) is 331 Å². The maximum Gasteiger partial charge on any atom is 0.472 e. The average Bonchev–Trinajstić information content (AvgIpc) is 3.67. The maximum absolute atomic E-state index is 13.0. The smallest absolute Gasteiger partial charge is 0.462 e. The van der Waals surface area contributed by atoms with Crippen LogP contribution in [-0.2, 0) is 65.4 Å². The first kappa shape index (κ1) is 85.1. The van der Waals surface area contributed by atoms with Gasteiger partial charge in [-0.25, -0.2) is 9.13 Å². The van der Waals surface area contributed by atoms with E-state index in [4.69, 9.17) is 37.0 Å². The van der Waals surface area contributed by atoms with Crippen molar-refractivity contribution < 1.29 is 80.2 Å². The summed E-state index contributed by atoms with van der Waals surface area (Å²) in [6.45, 7) is 14.0. The zero-order chi connectivity index (χ0) is 64.7. The van der Waals surface area contributed by atoms with Gasteiger partial charge < -0.3 is 33.8 Å². The summed E-state index contributed by atoms with van der Waals surface area (Å²) in [5.74, 6) is 0.836. The zero-order valence-electron chi connectivity index (χ0n) is 56.6. The van der Waals surface area contributed by atoms with Gasteiger partial charge in [-0.1, -0.05) is 280 Å². The molecule has 0 spiro atoms. The van der Waals surface area contributed by atoms with Crippen LogP contribution in [0, 0.1) is 23.7 Å². The van der Waals surface area contributed by atoms with Crippen molar-refractivity contribution in [3.8, 4) is 0 Å². The van der Waals surface area contributed by atoms with Crippen molar-refractivity contribution >= 4 is 39.5 Å². The number of aliphatic hydroxyl groups is 1. The number of unbranched alkanes of at least 4 members (excludes halogenated alkanes) is 30. The second-order valence-electron chi connectivity index (χ2n) is 26.2. The Hall–Kier alpha value is -1.94. The van der Waals surface area contributed by atoms with Crippen molar-refractivity contribution in [1.82, 2.24) is 0 Å². The van der Waals surface area contributed by atoms with Gasteiger partial charge in [0.2, 0.25) is 0 Å². The van der Waals surface area contributed by atoms with Crippen LogP contribution in [0.3, 0.4) is 0 Å². The molecule has 19 heteroatoms. The third kappa shape index (κ3) is 61.3. The molecule has 0 aliphatic heterocycles. The fraction of sp³-hybridized carbons (Fsp3) is 0.941. The molecule has 0 saturated carbocycles. The first-order chi connectivity index (χ1) is 41.6. The Kier molecular flexibility index (Phi) is 56.6. The standard InChI is InChI=1S/C68H132O17P2/c1-9-61(8)47-39-31-23-14-10-11-15-25-34-42-50-67(72)84-63(54-78-65(70)48-40-32-24-16-12-13-20-28-36-44-58(2)3)56-82-86(74,75)80-52-62(69)53-81-87(76,77)83-57-64(55-79-66(71)49-41-33-27-19-22-30-38-46-60(6)7)85-68(73)51-43-35-26-18-17-21-29-37-45-59(4)5/h58-64,69H,9-57H2,1-8H3,(H,74,75)(H,76,77)/t61?,62?,63-,64-/m1/s1. The van der Waals surface area contributed by atoms with E-state index in [0.29, 0.717) is 31.6 Å². The van der Waals surface area contributed by atoms with E-state index in [0.717, 1.165) is 114 Å². The topological polar surface area (TPSA) is 237 Å². The highest BCUT2D eigenvalue weighted by molar-refractivity contribution is 7.47. The van der Waals surface area contributed by atoms with Crippen LogP contribution in [-0.4, -0.2) is 96.7 Å². The molecule has 0 saturated heterocycles. The summed E-state index contributed by atoms with van der Waals surface area (Å²) in [6.07, 6.45) is 39.0. The van der Waals surface area contributed by atoms with E-state index < -0.39 is 97.5 Å². The fourth-order valence-corrected chi connectivity index (χ4v) is 11.7. The largest absolute Gasteiger partial charge is 0.472 e. The Morgan fingerprint density at radius 3 is 0.816 bits per heavy atom. The van der Waals surface area contributed by atoms with Crippen LogP contribution in [0.15, 0.2) is 0 Å². The first-order valence-electron chi connectivity index (χ1n) is 35.2. The quantitative estimate of drug-likeness (QED) is 0.0222. The summed E-state index contributed by atoms with van der Waals surface area (Å²) in [5.41, 5.74) is 0. The average molecular weight is 1280 g/mol. The highest BCUT2D eigenvalue weighted by atomic mass is 31.2. The Balaban J connectivity index is 5.27. The zero-order valence-corrected chi connectivity index (χ0v) is 58.4. The number of esters is 4. The van der Waals surface area contributed by atoms with Gasteiger partial charge in [0.1, 0.15) is 19.3 Å². The monoisotopic (exact) mass is 1280 g/mol. The van der Waals surface area contributed by atoms with E-state index >= 15 is 0 Å². The highest BCUT2D eigenvalue weighted by Gasteiger charge is 2.30. The lowest BCUT2D eigenvalue weighted by Gasteiger charge is -2.21. The van der Waals surface area contributed by atoms with Crippen LogP contribution >= 0.6 is 15.6 Å². The molecule has 0 aromatic rings. The van der Waals surface area contributed by atoms with Gasteiger partial charge in [0, 0.05) is 25.7 Å². The van der Waals surface area contributed by atoms with E-state index in [2.05, 4.69) is 55.4 Å². The van der Waals surface area contributed by atoms with Gasteiger partial charge in [0.05, 0.1) is 26.4 Å². The molecule has 4 unspecified atom stereocenters. The van der Waals surface area contributed by atoms with E-state index in [1.165, 1.54) is 128 Å². The summed E-state index contributed by atoms with van der Waals surface area (Å²) in [5, 5.41) is 10.6. The lowest BCUT2D eigenvalue weighted by molar-refractivity contribution is -0.161. The molecule has 0 bridgehead atoms. The minimum atomic E-state index is -4.95. The molecular formula is C68H132O17P2. The number of ether oxygens (including phenoxy) is 4. The molecule has 0 aliphatic rings. The first-order valence-corrected chi connectivity index (χ1v) is 38.2. The molecule has 87 heavy (non-hydrogen) atoms. The van der Waals surface area contributed by atoms with Crippen LogP contribution in [0.4, 0.5) is 0 Å². The number of hydrogen-bond acceptors (Lipinski definition) is 15. The molecule has 0 amide bonds. The Morgan fingerprint density at radius 1 is 0.322 bits per heavy atom. The number of rotatable bonds is 65. The number of carbonyl (C=O) groups is 4. The lowest BCUT2D eigenvalue weighted by atomic mass is 9.99. The second kappa shape index (κ2) is 57.9. The lowest BCUT2D eigenvalue weighted by Crippen LogP contribution is -2.30. The predicted octanol–water partition coefficient (Wildman–Crippen LogP) is 18.9. The summed E-state index contributed by atoms with van der Waals surface area (Å²) >= 11 is 0. The number of aliphatic hydroxyl groups excluding tert-OH is 1. The number of hydrogen-bond donors (Lipinski definition) is 3. The third-order valence-electron chi connectivity index (χ3n) is 15.9. The van der Waals surface area contributed by atoms with Crippen LogP contribution < -0.4 is 0 Å². The van der Waals surface area contributed by atoms with E-state index in [1.807, 2.05) is 0 Å². The molecule has 0 aliphatic carbocycles. The number of carbonyl (C=O) groups excluding carboxylic acids is 4. The van der Waals surface area contributed by atoms with Crippen molar-refractivity contribution in [2.45, 2.75) is 350 Å². The van der Waals surface area contributed by atoms with Gasteiger partial charge in [-0.2, -0.15) is 0 Å².